The average molecular weight is 921 g/mol. The summed E-state index contributed by atoms with van der Waals surface area (Å²) in [5.74, 6) is -0.932. The van der Waals surface area contributed by atoms with Crippen molar-refractivity contribution in [1.82, 2.24) is 0 Å². The van der Waals surface area contributed by atoms with Crippen LogP contribution in [0.1, 0.15) is 36.1 Å². The number of aliphatic hydroxyl groups is 4. The van der Waals surface area contributed by atoms with E-state index in [1.807, 2.05) is 0 Å². The van der Waals surface area contributed by atoms with Gasteiger partial charge in [-0.2, -0.15) is 0 Å². The van der Waals surface area contributed by atoms with Gasteiger partial charge >= 0.3 is 0 Å². The summed E-state index contributed by atoms with van der Waals surface area (Å²) in [6.45, 7) is 3.34. The minimum atomic E-state index is -1.44. The highest BCUT2D eigenvalue weighted by molar-refractivity contribution is 5.43. The molecule has 0 amide bonds. The molecule has 4 bridgehead atoms. The average Bonchev–Trinajstić information content (AvgIpc) is 3.30. The Hall–Kier alpha value is -4.72. The van der Waals surface area contributed by atoms with E-state index in [2.05, 4.69) is 0 Å². The Morgan fingerprint density at radius 2 is 0.758 bits per heavy atom. The van der Waals surface area contributed by atoms with E-state index in [1.54, 1.807) is 86.6 Å². The Kier molecular flexibility index (Phi) is 16.7. The topological polar surface area (TPSA) is 236 Å². The van der Waals surface area contributed by atoms with Crippen LogP contribution in [0.15, 0.2) is 84.9 Å². The zero-order valence-corrected chi connectivity index (χ0v) is 37.7. The molecule has 7 rings (SSSR count). The van der Waals surface area contributed by atoms with E-state index in [0.29, 0.717) is 25.7 Å². The molecule has 4 aromatic rings. The summed E-state index contributed by atoms with van der Waals surface area (Å²) < 4.78 is 49.3. The van der Waals surface area contributed by atoms with Gasteiger partial charge in [-0.1, -0.05) is 36.4 Å². The summed E-state index contributed by atoms with van der Waals surface area (Å²) >= 11 is 0. The number of hydrogen-bond acceptors (Lipinski definition) is 16. The number of methoxy groups -OCH3 is 2. The zero-order valence-electron chi connectivity index (χ0n) is 37.7. The van der Waals surface area contributed by atoms with E-state index in [9.17, 15) is 40.9 Å². The van der Waals surface area contributed by atoms with Gasteiger partial charge < -0.3 is 78.7 Å². The van der Waals surface area contributed by atoms with Gasteiger partial charge in [-0.05, 0) is 134 Å². The van der Waals surface area contributed by atoms with Crippen LogP contribution >= 0.6 is 0 Å². The van der Waals surface area contributed by atoms with Crippen LogP contribution in [0.25, 0.3) is 0 Å². The van der Waals surface area contributed by atoms with E-state index in [4.69, 9.17) is 37.9 Å². The summed E-state index contributed by atoms with van der Waals surface area (Å²) in [5.41, 5.74) is 3.30. The first-order valence-electron chi connectivity index (χ1n) is 22.5. The predicted octanol–water partition coefficient (Wildman–Crippen LogP) is 4.01. The molecule has 3 heterocycles. The molecule has 16 heteroatoms. The number of fused-ring (bicyclic) bond motifs is 4. The largest absolute Gasteiger partial charge is 0.508 e. The highest BCUT2D eigenvalue weighted by Crippen LogP contribution is 2.36. The van der Waals surface area contributed by atoms with E-state index in [1.165, 1.54) is 26.4 Å². The Morgan fingerprint density at radius 1 is 0.439 bits per heavy atom. The molecule has 0 aliphatic carbocycles. The second-order valence-electron chi connectivity index (χ2n) is 17.8. The molecule has 4 unspecified atom stereocenters. The number of benzene rings is 4. The highest BCUT2D eigenvalue weighted by Gasteiger charge is 2.47. The first-order chi connectivity index (χ1) is 31.7. The predicted molar refractivity (Wildman–Crippen MR) is 238 cm³/mol. The van der Waals surface area contributed by atoms with Crippen LogP contribution in [0, 0.1) is 23.7 Å². The van der Waals surface area contributed by atoms with Crippen molar-refractivity contribution in [3.05, 3.63) is 107 Å². The van der Waals surface area contributed by atoms with Crippen LogP contribution in [0.2, 0.25) is 0 Å². The number of phenols is 4. The maximum Gasteiger partial charge on any atom is 0.186 e. The molecular formula is C50H64O16. The second-order valence-corrected chi connectivity index (χ2v) is 17.8. The number of rotatable bonds is 10. The molecule has 0 radical (unpaired) electrons. The van der Waals surface area contributed by atoms with Crippen molar-refractivity contribution in [2.45, 2.75) is 101 Å². The molecule has 0 spiro atoms. The molecule has 8 N–H and O–H groups in total. The molecule has 3 aliphatic rings. The van der Waals surface area contributed by atoms with Crippen LogP contribution < -0.4 is 9.47 Å². The summed E-state index contributed by atoms with van der Waals surface area (Å²) in [5, 5.41) is 88.1. The number of aromatic hydroxyl groups is 4. The second kappa shape index (κ2) is 22.4. The molecule has 14 atom stereocenters. The number of aliphatic hydroxyl groups excluding tert-OH is 4. The third kappa shape index (κ3) is 12.0. The maximum absolute atomic E-state index is 12.0. The third-order valence-corrected chi connectivity index (χ3v) is 13.2. The monoisotopic (exact) mass is 920 g/mol. The van der Waals surface area contributed by atoms with Crippen molar-refractivity contribution in [1.29, 1.82) is 0 Å². The van der Waals surface area contributed by atoms with Crippen molar-refractivity contribution in [2.75, 3.05) is 40.6 Å². The Balaban J connectivity index is 1.27. The molecule has 3 fully saturated rings. The van der Waals surface area contributed by atoms with E-state index in [0.717, 1.165) is 22.3 Å². The third-order valence-electron chi connectivity index (χ3n) is 13.2. The summed E-state index contributed by atoms with van der Waals surface area (Å²) in [4.78, 5) is 0. The molecule has 4 aromatic carbocycles. The summed E-state index contributed by atoms with van der Waals surface area (Å²) in [6.07, 6.45) is -10.3. The zero-order chi connectivity index (χ0) is 47.1. The van der Waals surface area contributed by atoms with Crippen LogP contribution in [0.4, 0.5) is 0 Å². The lowest BCUT2D eigenvalue weighted by Gasteiger charge is -2.44. The van der Waals surface area contributed by atoms with Crippen molar-refractivity contribution >= 4 is 0 Å². The van der Waals surface area contributed by atoms with Gasteiger partial charge in [0.2, 0.25) is 0 Å². The van der Waals surface area contributed by atoms with Gasteiger partial charge in [-0.25, -0.2) is 0 Å². The molecule has 360 valence electrons. The van der Waals surface area contributed by atoms with Crippen LogP contribution in [-0.4, -0.2) is 143 Å². The SMILES string of the molecule is COc1cc(CC2CO[C@H]3[C@@H](O)[C@@H](C)O[C@@H](OCC(Cc4ccc(O)cc4)C(Cc4ccc(O)c(OC)c4)CO[C@H]4[C@@H](O)[C@@H](C)O[C@@H](OCC2Cc2ccc(O)cc2)[C@@H]4O)[C@@H]3O)ccc1O. The van der Waals surface area contributed by atoms with Gasteiger partial charge in [0.25, 0.3) is 0 Å². The molecule has 3 saturated heterocycles. The fourth-order valence-corrected chi connectivity index (χ4v) is 9.19. The van der Waals surface area contributed by atoms with Gasteiger partial charge in [-0.15, -0.1) is 0 Å². The lowest BCUT2D eigenvalue weighted by molar-refractivity contribution is -0.311. The minimum Gasteiger partial charge on any atom is -0.508 e. The van der Waals surface area contributed by atoms with Crippen molar-refractivity contribution in [2.24, 2.45) is 23.7 Å². The number of phenolic OH excluding ortho intramolecular Hbond substituents is 4. The molecular weight excluding hydrogens is 857 g/mol. The number of ether oxygens (including phenoxy) is 8. The van der Waals surface area contributed by atoms with E-state index < -0.39 is 85.1 Å². The first-order valence-corrected chi connectivity index (χ1v) is 22.5. The van der Waals surface area contributed by atoms with Gasteiger partial charge in [0.1, 0.15) is 48.1 Å². The van der Waals surface area contributed by atoms with Crippen LogP contribution in [0.5, 0.6) is 34.5 Å². The normalized spacial score (nSPS) is 32.4. The molecule has 16 nitrogen and oxygen atoms in total. The van der Waals surface area contributed by atoms with E-state index >= 15 is 0 Å². The smallest absolute Gasteiger partial charge is 0.186 e. The van der Waals surface area contributed by atoms with Gasteiger partial charge in [0.15, 0.2) is 35.6 Å². The Morgan fingerprint density at radius 3 is 1.11 bits per heavy atom. The van der Waals surface area contributed by atoms with Crippen molar-refractivity contribution in [3.63, 3.8) is 0 Å². The van der Waals surface area contributed by atoms with Crippen molar-refractivity contribution in [3.8, 4) is 34.5 Å². The van der Waals surface area contributed by atoms with Crippen molar-refractivity contribution < 1.29 is 78.7 Å². The first kappa shape index (κ1) is 49.2. The lowest BCUT2D eigenvalue weighted by atomic mass is 9.83. The standard InChI is InChI=1S/C50H64O16/c1-27-43(55)47-45(57)49(65-27)63-25-33(17-29-5-11-37(51)12-6-29)36(20-32-10-16-40(54)42(22-32)60-4)24-62-48-44(56)28(2)66-50(46(48)58)64-26-34(18-30-7-13-38(52)14-8-30)35(23-61-47)19-31-9-15-39(53)41(21-31)59-3/h5-16,21-22,27-28,33-36,43-58H,17-20,23-26H2,1-4H3/t27-,28-,33?,34?,35?,36?,43+,44+,45-,46-,47+,48+,49-,50-/m1/s1. The summed E-state index contributed by atoms with van der Waals surface area (Å²) in [7, 11) is 2.92. The van der Waals surface area contributed by atoms with Gasteiger partial charge in [0, 0.05) is 0 Å². The van der Waals surface area contributed by atoms with E-state index in [-0.39, 0.29) is 60.9 Å². The van der Waals surface area contributed by atoms with Crippen LogP contribution in [0.3, 0.4) is 0 Å². The lowest BCUT2D eigenvalue weighted by Crippen LogP contribution is -2.59. The summed E-state index contributed by atoms with van der Waals surface area (Å²) in [6, 6.07) is 23.6. The van der Waals surface area contributed by atoms with Gasteiger partial charge in [-0.3, -0.25) is 0 Å². The van der Waals surface area contributed by atoms with Crippen LogP contribution in [-0.2, 0) is 54.1 Å². The molecule has 66 heavy (non-hydrogen) atoms. The molecule has 0 saturated carbocycles. The fourth-order valence-electron chi connectivity index (χ4n) is 9.19. The minimum absolute atomic E-state index is 0.00240. The molecule has 0 aromatic heterocycles. The highest BCUT2D eigenvalue weighted by atomic mass is 16.7. The maximum atomic E-state index is 12.0. The van der Waals surface area contributed by atoms with Gasteiger partial charge in [0.05, 0.1) is 52.9 Å². The Labute approximate surface area is 384 Å². The Bertz CT molecular complexity index is 1990. The fraction of sp³-hybridized carbons (Fsp3) is 0.520. The quantitative estimate of drug-likeness (QED) is 0.112. The molecule has 3 aliphatic heterocycles. The number of hydrogen-bond donors (Lipinski definition) is 8.